The van der Waals surface area contributed by atoms with E-state index in [1.165, 1.54) is 0 Å². The number of rotatable bonds is 8. The second kappa shape index (κ2) is 10.3. The number of carbonyl (C=O) groups excluding carboxylic acids is 1. The second-order valence-corrected chi connectivity index (χ2v) is 9.97. The molecule has 1 heterocycles. The van der Waals surface area contributed by atoms with Gasteiger partial charge in [-0.2, -0.15) is 8.42 Å². The summed E-state index contributed by atoms with van der Waals surface area (Å²) in [6.45, 7) is 2.69. The number of benzene rings is 3. The van der Waals surface area contributed by atoms with Gasteiger partial charge < -0.3 is 4.90 Å². The van der Waals surface area contributed by atoms with Gasteiger partial charge >= 0.3 is 10.4 Å². The number of hydrogen-bond acceptors (Lipinski definition) is 5. The average molecular weight is 495 g/mol. The topological polar surface area (TPSA) is 87.2 Å². The molecule has 0 aromatic heterocycles. The third kappa shape index (κ3) is 5.46. The van der Waals surface area contributed by atoms with Crippen LogP contribution in [0.15, 0.2) is 91.0 Å². The number of amides is 1. The highest BCUT2D eigenvalue weighted by molar-refractivity contribution is 7.80. The summed E-state index contributed by atoms with van der Waals surface area (Å²) in [6.07, 6.45) is -0.291. The van der Waals surface area contributed by atoms with E-state index in [0.29, 0.717) is 13.0 Å². The highest BCUT2D eigenvalue weighted by Crippen LogP contribution is 2.38. The molecule has 1 aliphatic heterocycles. The van der Waals surface area contributed by atoms with Crippen molar-refractivity contribution in [3.8, 4) is 0 Å². The maximum atomic E-state index is 14.3. The Balaban J connectivity index is 1.74. The van der Waals surface area contributed by atoms with Crippen molar-refractivity contribution in [2.24, 2.45) is 0 Å². The van der Waals surface area contributed by atoms with E-state index in [2.05, 4.69) is 0 Å². The Bertz CT molecular complexity index is 1200. The Labute approximate surface area is 206 Å². The van der Waals surface area contributed by atoms with E-state index in [-0.39, 0.29) is 12.5 Å². The van der Waals surface area contributed by atoms with Crippen LogP contribution in [0.1, 0.15) is 36.0 Å². The summed E-state index contributed by atoms with van der Waals surface area (Å²) in [5.41, 5.74) is 1.78. The van der Waals surface area contributed by atoms with Gasteiger partial charge in [-0.05, 0) is 30.0 Å². The lowest BCUT2D eigenvalue weighted by Gasteiger charge is -2.47. The van der Waals surface area contributed by atoms with Crippen LogP contribution in [0.3, 0.4) is 0 Å². The first kappa shape index (κ1) is 25.1. The summed E-state index contributed by atoms with van der Waals surface area (Å²) in [6, 6.07) is 29.0. The SMILES string of the molecule is CN(C(=O)C(c1ccccc1)c1ccccc1)[C@@](C)(c1ccccc1)N1CC[C@H](OS(=O)(=O)O)C1. The van der Waals surface area contributed by atoms with Gasteiger partial charge in [0.25, 0.3) is 0 Å². The van der Waals surface area contributed by atoms with Crippen LogP contribution >= 0.6 is 0 Å². The molecule has 0 radical (unpaired) electrons. The molecule has 1 N–H and O–H groups in total. The summed E-state index contributed by atoms with van der Waals surface area (Å²) in [5.74, 6) is -0.606. The number of likely N-dealkylation sites (tertiary alicyclic amines) is 1. The second-order valence-electron chi connectivity index (χ2n) is 8.92. The third-order valence-corrected chi connectivity index (χ3v) is 7.35. The van der Waals surface area contributed by atoms with E-state index < -0.39 is 28.1 Å². The maximum absolute atomic E-state index is 14.3. The molecule has 2 atom stereocenters. The van der Waals surface area contributed by atoms with Gasteiger partial charge in [0.05, 0.1) is 12.0 Å². The minimum absolute atomic E-state index is 0.0899. The Kier molecular flexibility index (Phi) is 7.37. The predicted molar refractivity (Wildman–Crippen MR) is 134 cm³/mol. The fourth-order valence-electron chi connectivity index (χ4n) is 4.89. The smallest absolute Gasteiger partial charge is 0.323 e. The highest BCUT2D eigenvalue weighted by atomic mass is 32.3. The highest BCUT2D eigenvalue weighted by Gasteiger charge is 2.45. The van der Waals surface area contributed by atoms with Crippen molar-refractivity contribution in [1.29, 1.82) is 0 Å². The molecule has 3 aromatic rings. The largest absolute Gasteiger partial charge is 0.397 e. The number of carbonyl (C=O) groups is 1. The molecule has 35 heavy (non-hydrogen) atoms. The van der Waals surface area contributed by atoms with E-state index in [0.717, 1.165) is 16.7 Å². The Morgan fingerprint density at radius 3 is 1.94 bits per heavy atom. The van der Waals surface area contributed by atoms with Crippen molar-refractivity contribution in [1.82, 2.24) is 9.80 Å². The molecule has 1 saturated heterocycles. The predicted octanol–water partition coefficient (Wildman–Crippen LogP) is 4.04. The number of nitrogens with zero attached hydrogens (tertiary/aromatic N) is 2. The molecule has 0 bridgehead atoms. The zero-order valence-corrected chi connectivity index (χ0v) is 20.6. The molecular weight excluding hydrogens is 464 g/mol. The van der Waals surface area contributed by atoms with Gasteiger partial charge in [-0.1, -0.05) is 91.0 Å². The van der Waals surface area contributed by atoms with Gasteiger partial charge in [0, 0.05) is 20.1 Å². The molecule has 1 amide bonds. The fourth-order valence-corrected chi connectivity index (χ4v) is 5.39. The van der Waals surface area contributed by atoms with Crippen LogP contribution in [0.25, 0.3) is 0 Å². The van der Waals surface area contributed by atoms with E-state index in [1.807, 2.05) is 103 Å². The van der Waals surface area contributed by atoms with Crippen molar-refractivity contribution in [3.05, 3.63) is 108 Å². The lowest BCUT2D eigenvalue weighted by molar-refractivity contribution is -0.145. The minimum Gasteiger partial charge on any atom is -0.323 e. The average Bonchev–Trinajstić information content (AvgIpc) is 3.32. The normalized spacial score (nSPS) is 18.3. The molecule has 0 unspecified atom stereocenters. The Morgan fingerprint density at radius 2 is 1.46 bits per heavy atom. The van der Waals surface area contributed by atoms with Crippen LogP contribution in [0.5, 0.6) is 0 Å². The van der Waals surface area contributed by atoms with Gasteiger partial charge in [-0.15, -0.1) is 0 Å². The lowest BCUT2D eigenvalue weighted by Crippen LogP contribution is -2.57. The lowest BCUT2D eigenvalue weighted by atomic mass is 9.88. The van der Waals surface area contributed by atoms with Crippen molar-refractivity contribution >= 4 is 16.3 Å². The fraction of sp³-hybridized carbons (Fsp3) is 0.296. The van der Waals surface area contributed by atoms with Crippen LogP contribution in [-0.4, -0.2) is 54.9 Å². The van der Waals surface area contributed by atoms with Crippen LogP contribution < -0.4 is 0 Å². The first-order chi connectivity index (χ1) is 16.7. The molecule has 184 valence electrons. The molecule has 0 spiro atoms. The standard InChI is InChI=1S/C27H30N2O5S/c1-27(23-16-10-5-11-17-23,29-19-18-24(20-29)34-35(31,32)33)28(2)26(30)25(21-12-6-3-7-13-21)22-14-8-4-9-15-22/h3-17,24-25H,18-20H2,1-2H3,(H,31,32,33)/t24-,27+/m0/s1. The summed E-state index contributed by atoms with van der Waals surface area (Å²) < 4.78 is 36.7. The van der Waals surface area contributed by atoms with Crippen LogP contribution in [-0.2, 0) is 25.0 Å². The van der Waals surface area contributed by atoms with Gasteiger partial charge in [-0.25, -0.2) is 4.18 Å². The van der Waals surface area contributed by atoms with E-state index in [9.17, 15) is 17.8 Å². The van der Waals surface area contributed by atoms with E-state index in [1.54, 1.807) is 11.9 Å². The number of hydrogen-bond donors (Lipinski definition) is 1. The third-order valence-electron chi connectivity index (χ3n) is 6.84. The van der Waals surface area contributed by atoms with Crippen LogP contribution in [0, 0.1) is 0 Å². The van der Waals surface area contributed by atoms with Crippen molar-refractivity contribution < 1.29 is 21.9 Å². The van der Waals surface area contributed by atoms with Gasteiger partial charge in [0.1, 0.15) is 5.66 Å². The molecular formula is C27H30N2O5S. The van der Waals surface area contributed by atoms with Crippen LogP contribution in [0.2, 0.25) is 0 Å². The molecule has 8 heteroatoms. The zero-order valence-electron chi connectivity index (χ0n) is 19.8. The molecule has 4 rings (SSSR count). The maximum Gasteiger partial charge on any atom is 0.397 e. The van der Waals surface area contributed by atoms with Crippen LogP contribution in [0.4, 0.5) is 0 Å². The zero-order chi connectivity index (χ0) is 25.1. The summed E-state index contributed by atoms with van der Waals surface area (Å²) in [5, 5.41) is 0. The molecule has 7 nitrogen and oxygen atoms in total. The van der Waals surface area contributed by atoms with Gasteiger partial charge in [0.2, 0.25) is 5.91 Å². The molecule has 0 saturated carbocycles. The van der Waals surface area contributed by atoms with Crippen molar-refractivity contribution in [2.75, 3.05) is 20.1 Å². The summed E-state index contributed by atoms with van der Waals surface area (Å²) in [7, 11) is -2.79. The Hall–Kier alpha value is -3.04. The van der Waals surface area contributed by atoms with Crippen molar-refractivity contribution in [3.63, 3.8) is 0 Å². The van der Waals surface area contributed by atoms with Gasteiger partial charge in [0.15, 0.2) is 0 Å². The summed E-state index contributed by atoms with van der Waals surface area (Å²) >= 11 is 0. The monoisotopic (exact) mass is 494 g/mol. The first-order valence-electron chi connectivity index (χ1n) is 11.5. The minimum atomic E-state index is -4.57. The number of likely N-dealkylation sites (N-methyl/N-ethyl adjacent to an activating group) is 1. The molecule has 1 aliphatic rings. The molecule has 0 aliphatic carbocycles. The molecule has 1 fully saturated rings. The van der Waals surface area contributed by atoms with E-state index in [4.69, 9.17) is 4.18 Å². The quantitative estimate of drug-likeness (QED) is 0.476. The van der Waals surface area contributed by atoms with Crippen molar-refractivity contribution in [2.45, 2.75) is 31.0 Å². The van der Waals surface area contributed by atoms with Gasteiger partial charge in [-0.3, -0.25) is 14.2 Å². The van der Waals surface area contributed by atoms with E-state index >= 15 is 0 Å². The first-order valence-corrected chi connectivity index (χ1v) is 12.9. The molecule has 3 aromatic carbocycles. The Morgan fingerprint density at radius 1 is 0.971 bits per heavy atom. The summed E-state index contributed by atoms with van der Waals surface area (Å²) in [4.78, 5) is 18.0.